The number of aromatic nitrogens is 4. The van der Waals surface area contributed by atoms with Crippen LogP contribution in [0.5, 0.6) is 0 Å². The second-order valence-electron chi connectivity index (χ2n) is 9.65. The maximum atomic E-state index is 5.26. The third-order valence-electron chi connectivity index (χ3n) is 8.03. The number of hydrogen-bond donors (Lipinski definition) is 0. The van der Waals surface area contributed by atoms with E-state index in [9.17, 15) is 0 Å². The summed E-state index contributed by atoms with van der Waals surface area (Å²) in [4.78, 5) is 14.5. The van der Waals surface area contributed by atoms with E-state index in [1.165, 1.54) is 44.5 Å². The summed E-state index contributed by atoms with van der Waals surface area (Å²) >= 11 is 0. The Morgan fingerprint density at radius 1 is 0.600 bits per heavy atom. The van der Waals surface area contributed by atoms with Crippen LogP contribution in [0.4, 0.5) is 0 Å². The summed E-state index contributed by atoms with van der Waals surface area (Å²) in [6.07, 6.45) is 7.58. The van der Waals surface area contributed by atoms with E-state index in [0.717, 1.165) is 51.3 Å². The van der Waals surface area contributed by atoms with Crippen molar-refractivity contribution < 1.29 is 0 Å². The summed E-state index contributed by atoms with van der Waals surface area (Å²) < 4.78 is 2.22. The molecule has 35 heavy (non-hydrogen) atoms. The molecule has 0 spiro atoms. The molecule has 7 aromatic rings. The largest absolute Gasteiger partial charge is 0.276 e. The molecule has 0 atom stereocenters. The highest BCUT2D eigenvalue weighted by molar-refractivity contribution is 6.13. The molecule has 3 aromatic carbocycles. The van der Waals surface area contributed by atoms with E-state index in [1.54, 1.807) is 0 Å². The summed E-state index contributed by atoms with van der Waals surface area (Å²) in [7, 11) is 0. The fourth-order valence-electron chi connectivity index (χ4n) is 6.52. The van der Waals surface area contributed by atoms with Crippen molar-refractivity contribution in [2.45, 2.75) is 12.8 Å². The van der Waals surface area contributed by atoms with Gasteiger partial charge >= 0.3 is 0 Å². The van der Waals surface area contributed by atoms with Crippen LogP contribution in [0.2, 0.25) is 0 Å². The smallest absolute Gasteiger partial charge is 0.149 e. The van der Waals surface area contributed by atoms with E-state index < -0.39 is 0 Å². The number of rotatable bonds is 0. The van der Waals surface area contributed by atoms with Gasteiger partial charge in [0.1, 0.15) is 11.3 Å². The molecule has 0 amide bonds. The number of imidazole rings is 1. The minimum atomic E-state index is 0.921. The Morgan fingerprint density at radius 2 is 1.43 bits per heavy atom. The van der Waals surface area contributed by atoms with Gasteiger partial charge in [-0.05, 0) is 80.6 Å². The van der Waals surface area contributed by atoms with Crippen LogP contribution in [0.3, 0.4) is 0 Å². The first-order chi connectivity index (χ1) is 17.4. The predicted octanol–water partition coefficient (Wildman–Crippen LogP) is 6.73. The van der Waals surface area contributed by atoms with E-state index in [4.69, 9.17) is 9.97 Å². The SMILES string of the molecule is c1ccc2c(c1)Cc1c-2ccc2c1Cc1c-2ccc2c1nc1c3cnccc3c3cccnc3n21. The molecule has 0 radical (unpaired) electrons. The third kappa shape index (κ3) is 2.11. The van der Waals surface area contributed by atoms with Crippen molar-refractivity contribution in [2.75, 3.05) is 0 Å². The number of fused-ring (bicyclic) bond motifs is 16. The maximum Gasteiger partial charge on any atom is 0.149 e. The van der Waals surface area contributed by atoms with Crippen molar-refractivity contribution in [3.8, 4) is 22.3 Å². The van der Waals surface area contributed by atoms with E-state index in [-0.39, 0.29) is 0 Å². The van der Waals surface area contributed by atoms with E-state index in [0.29, 0.717) is 0 Å². The molecule has 0 aliphatic heterocycles. The van der Waals surface area contributed by atoms with Gasteiger partial charge in [0.2, 0.25) is 0 Å². The lowest BCUT2D eigenvalue weighted by Crippen LogP contribution is -1.94. The molecule has 0 bridgehead atoms. The van der Waals surface area contributed by atoms with Crippen LogP contribution >= 0.6 is 0 Å². The quantitative estimate of drug-likeness (QED) is 0.243. The normalized spacial score (nSPS) is 13.5. The molecule has 4 heteroatoms. The van der Waals surface area contributed by atoms with Crippen molar-refractivity contribution in [1.82, 2.24) is 19.4 Å². The fourth-order valence-corrected chi connectivity index (χ4v) is 6.52. The Kier molecular flexibility index (Phi) is 3.11. The lowest BCUT2D eigenvalue weighted by atomic mass is 9.96. The topological polar surface area (TPSA) is 43.1 Å². The van der Waals surface area contributed by atoms with Crippen molar-refractivity contribution in [3.63, 3.8) is 0 Å². The first-order valence-corrected chi connectivity index (χ1v) is 12.0. The lowest BCUT2D eigenvalue weighted by Gasteiger charge is -2.08. The molecular weight excluding hydrogens is 428 g/mol. The van der Waals surface area contributed by atoms with Crippen molar-refractivity contribution in [1.29, 1.82) is 0 Å². The van der Waals surface area contributed by atoms with Crippen molar-refractivity contribution >= 4 is 38.5 Å². The molecule has 4 heterocycles. The zero-order valence-corrected chi connectivity index (χ0v) is 18.8. The van der Waals surface area contributed by atoms with E-state index >= 15 is 0 Å². The van der Waals surface area contributed by atoms with Crippen LogP contribution in [0.25, 0.3) is 60.7 Å². The van der Waals surface area contributed by atoms with Gasteiger partial charge in [0.25, 0.3) is 0 Å². The van der Waals surface area contributed by atoms with Crippen LogP contribution < -0.4 is 0 Å². The number of hydrogen-bond acceptors (Lipinski definition) is 3. The molecule has 0 saturated heterocycles. The molecule has 162 valence electrons. The molecule has 0 unspecified atom stereocenters. The second kappa shape index (κ2) is 6.10. The average molecular weight is 447 g/mol. The fraction of sp³-hybridized carbons (Fsp3) is 0.0645. The molecule has 2 aliphatic rings. The second-order valence-corrected chi connectivity index (χ2v) is 9.65. The van der Waals surface area contributed by atoms with Gasteiger partial charge in [-0.3, -0.25) is 9.38 Å². The molecule has 0 N–H and O–H groups in total. The Morgan fingerprint density at radius 3 is 2.40 bits per heavy atom. The Labute approximate surface area is 200 Å². The Balaban J connectivity index is 1.36. The monoisotopic (exact) mass is 446 g/mol. The van der Waals surface area contributed by atoms with Gasteiger partial charge < -0.3 is 0 Å². The van der Waals surface area contributed by atoms with Crippen molar-refractivity contribution in [2.24, 2.45) is 0 Å². The first-order valence-electron chi connectivity index (χ1n) is 12.0. The van der Waals surface area contributed by atoms with Crippen LogP contribution in [-0.2, 0) is 12.8 Å². The molecule has 9 rings (SSSR count). The van der Waals surface area contributed by atoms with Gasteiger partial charge in [-0.2, -0.15) is 0 Å². The molecule has 0 saturated carbocycles. The van der Waals surface area contributed by atoms with Crippen LogP contribution in [0, 0.1) is 0 Å². The van der Waals surface area contributed by atoms with Crippen molar-refractivity contribution in [3.05, 3.63) is 108 Å². The maximum absolute atomic E-state index is 5.26. The average Bonchev–Trinajstić information content (AvgIpc) is 3.60. The number of pyridine rings is 3. The van der Waals surface area contributed by atoms with Crippen LogP contribution in [0.15, 0.2) is 85.3 Å². The van der Waals surface area contributed by atoms with Gasteiger partial charge in [-0.25, -0.2) is 9.97 Å². The first kappa shape index (κ1) is 17.8. The zero-order valence-electron chi connectivity index (χ0n) is 18.8. The standard InChI is InChI=1S/C31H18N4/c1-2-5-18-17(4-1)14-24-19(18)7-8-20-21-9-10-28-29(26(21)15-25(20)24)34-31-27-16-32-13-11-22(27)23-6-3-12-33-30(23)35(28)31/h1-13,16H,14-15H2. The number of nitrogens with zero attached hydrogens (tertiary/aromatic N) is 4. The Bertz CT molecular complexity index is 2070. The molecular formula is C31H18N4. The molecule has 4 aromatic heterocycles. The minimum absolute atomic E-state index is 0.921. The third-order valence-corrected chi connectivity index (χ3v) is 8.03. The summed E-state index contributed by atoms with van der Waals surface area (Å²) in [5.74, 6) is 0. The summed E-state index contributed by atoms with van der Waals surface area (Å²) in [6.45, 7) is 0. The Hall–Kier alpha value is -4.57. The van der Waals surface area contributed by atoms with E-state index in [1.807, 2.05) is 24.7 Å². The summed E-state index contributed by atoms with van der Waals surface area (Å²) in [6, 6.07) is 24.2. The highest BCUT2D eigenvalue weighted by Crippen LogP contribution is 2.48. The van der Waals surface area contributed by atoms with Gasteiger partial charge in [-0.1, -0.05) is 42.5 Å². The lowest BCUT2D eigenvalue weighted by molar-refractivity contribution is 1.17. The van der Waals surface area contributed by atoms with Gasteiger partial charge in [0.15, 0.2) is 0 Å². The molecule has 0 fully saturated rings. The summed E-state index contributed by atoms with van der Waals surface area (Å²) in [5.41, 5.74) is 15.2. The highest BCUT2D eigenvalue weighted by Gasteiger charge is 2.30. The summed E-state index contributed by atoms with van der Waals surface area (Å²) in [5, 5.41) is 3.32. The van der Waals surface area contributed by atoms with Gasteiger partial charge in [-0.15, -0.1) is 0 Å². The minimum Gasteiger partial charge on any atom is -0.276 e. The highest BCUT2D eigenvalue weighted by atomic mass is 15.1. The zero-order chi connectivity index (χ0) is 22.7. The molecule has 2 aliphatic carbocycles. The van der Waals surface area contributed by atoms with Gasteiger partial charge in [0.05, 0.1) is 11.0 Å². The van der Waals surface area contributed by atoms with E-state index in [2.05, 4.69) is 70.0 Å². The number of benzene rings is 3. The van der Waals surface area contributed by atoms with Crippen LogP contribution in [-0.4, -0.2) is 19.4 Å². The van der Waals surface area contributed by atoms with Gasteiger partial charge in [0, 0.05) is 35.8 Å². The predicted molar refractivity (Wildman–Crippen MR) is 140 cm³/mol. The van der Waals surface area contributed by atoms with Crippen LogP contribution in [0.1, 0.15) is 22.3 Å². The molecule has 4 nitrogen and oxygen atoms in total.